The number of Topliss-reactive ketones (excluding diaryl/α,β-unsaturated/α-hetero) is 1. The maximum atomic E-state index is 12.0. The first kappa shape index (κ1) is 10.6. The average Bonchev–Trinajstić information content (AvgIpc) is 3.04. The summed E-state index contributed by atoms with van der Waals surface area (Å²) in [5.41, 5.74) is 0.899. The fourth-order valence-corrected chi connectivity index (χ4v) is 2.59. The minimum absolute atomic E-state index is 0.0767. The minimum Gasteiger partial charge on any atom is -0.347 e. The Morgan fingerprint density at radius 3 is 2.72 bits per heavy atom. The molecule has 0 aromatic heterocycles. The lowest BCUT2D eigenvalue weighted by Crippen LogP contribution is -2.49. The summed E-state index contributed by atoms with van der Waals surface area (Å²) in [5, 5.41) is 0. The van der Waals surface area contributed by atoms with Crippen molar-refractivity contribution in [1.29, 1.82) is 0 Å². The number of carbonyl (C=O) groups is 1. The molecular formula is C13H12O5. The van der Waals surface area contributed by atoms with Crippen LogP contribution >= 0.6 is 0 Å². The Balaban J connectivity index is 1.61. The summed E-state index contributed by atoms with van der Waals surface area (Å²) >= 11 is 0. The topological polar surface area (TPSA) is 54.0 Å². The predicted molar refractivity (Wildman–Crippen MR) is 58.5 cm³/mol. The second-order valence-corrected chi connectivity index (χ2v) is 4.63. The van der Waals surface area contributed by atoms with E-state index in [1.165, 1.54) is 0 Å². The number of rotatable bonds is 1. The van der Waals surface area contributed by atoms with Crippen LogP contribution in [0.15, 0.2) is 30.3 Å². The molecule has 4 rings (SSSR count). The summed E-state index contributed by atoms with van der Waals surface area (Å²) in [6.07, 6.45) is -2.51. The highest BCUT2D eigenvalue weighted by molar-refractivity contribution is 5.89. The Morgan fingerprint density at radius 1 is 1.06 bits per heavy atom. The highest BCUT2D eigenvalue weighted by atomic mass is 16.8. The number of hydrogen-bond donors (Lipinski definition) is 0. The lowest BCUT2D eigenvalue weighted by molar-refractivity contribution is -0.175. The molecule has 2 bridgehead atoms. The Labute approximate surface area is 104 Å². The van der Waals surface area contributed by atoms with Crippen molar-refractivity contribution in [2.75, 3.05) is 6.61 Å². The van der Waals surface area contributed by atoms with Crippen molar-refractivity contribution in [3.05, 3.63) is 35.9 Å². The molecule has 1 aromatic rings. The van der Waals surface area contributed by atoms with Gasteiger partial charge in [0, 0.05) is 5.56 Å². The summed E-state index contributed by atoms with van der Waals surface area (Å²) in [6.45, 7) is 0.305. The molecule has 5 nitrogen and oxygen atoms in total. The molecule has 0 amide bonds. The van der Waals surface area contributed by atoms with E-state index in [9.17, 15) is 4.79 Å². The van der Waals surface area contributed by atoms with Crippen molar-refractivity contribution in [3.8, 4) is 0 Å². The zero-order valence-corrected chi connectivity index (χ0v) is 9.52. The van der Waals surface area contributed by atoms with E-state index in [1.54, 1.807) is 0 Å². The third-order valence-electron chi connectivity index (χ3n) is 3.50. The normalized spacial score (nSPS) is 42.0. The molecule has 3 fully saturated rings. The molecule has 5 heteroatoms. The fraction of sp³-hybridized carbons (Fsp3) is 0.462. The van der Waals surface area contributed by atoms with Crippen molar-refractivity contribution < 1.29 is 23.7 Å². The van der Waals surface area contributed by atoms with Crippen LogP contribution in [0.4, 0.5) is 0 Å². The number of carbonyl (C=O) groups excluding carboxylic acids is 1. The summed E-state index contributed by atoms with van der Waals surface area (Å²) in [5.74, 6) is -0.0767. The van der Waals surface area contributed by atoms with Gasteiger partial charge in [-0.15, -0.1) is 0 Å². The van der Waals surface area contributed by atoms with Crippen LogP contribution in [0.1, 0.15) is 11.9 Å². The molecule has 0 spiro atoms. The van der Waals surface area contributed by atoms with Gasteiger partial charge in [-0.1, -0.05) is 30.3 Å². The molecule has 0 radical (unpaired) electrons. The van der Waals surface area contributed by atoms with Gasteiger partial charge in [0.25, 0.3) is 0 Å². The largest absolute Gasteiger partial charge is 0.347 e. The third kappa shape index (κ3) is 1.45. The van der Waals surface area contributed by atoms with Gasteiger partial charge in [0.15, 0.2) is 24.5 Å². The van der Waals surface area contributed by atoms with Gasteiger partial charge in [0.05, 0.1) is 6.61 Å². The molecule has 0 saturated carbocycles. The van der Waals surface area contributed by atoms with Crippen molar-refractivity contribution in [3.63, 3.8) is 0 Å². The van der Waals surface area contributed by atoms with Crippen LogP contribution in [-0.4, -0.2) is 37.0 Å². The number of benzene rings is 1. The van der Waals surface area contributed by atoms with Crippen LogP contribution < -0.4 is 0 Å². The molecule has 1 unspecified atom stereocenters. The van der Waals surface area contributed by atoms with Crippen LogP contribution in [0.25, 0.3) is 0 Å². The minimum atomic E-state index is -0.568. The first-order valence-electron chi connectivity index (χ1n) is 5.99. The highest BCUT2D eigenvalue weighted by Gasteiger charge is 2.56. The van der Waals surface area contributed by atoms with Gasteiger partial charge in [-0.2, -0.15) is 0 Å². The predicted octanol–water partition coefficient (Wildman–Crippen LogP) is 0.793. The maximum Gasteiger partial charge on any atom is 0.195 e. The standard InChI is InChI=1S/C13H12O5/c14-9-8-6-15-13(16-8)11-10(9)17-12(18-11)7-4-2-1-3-5-7/h1-5,8,10-13H,6H2/t8-,10-,11-,12?,13-/m1/s1. The number of hydrogen-bond acceptors (Lipinski definition) is 5. The molecule has 3 saturated heterocycles. The Bertz CT molecular complexity index is 474. The lowest BCUT2D eigenvalue weighted by Gasteiger charge is -2.25. The molecular weight excluding hydrogens is 236 g/mol. The van der Waals surface area contributed by atoms with E-state index in [0.29, 0.717) is 6.61 Å². The molecule has 3 aliphatic heterocycles. The Morgan fingerprint density at radius 2 is 1.89 bits per heavy atom. The number of ether oxygens (including phenoxy) is 4. The van der Waals surface area contributed by atoms with Gasteiger partial charge < -0.3 is 18.9 Å². The van der Waals surface area contributed by atoms with E-state index in [2.05, 4.69) is 0 Å². The summed E-state index contributed by atoms with van der Waals surface area (Å²) in [4.78, 5) is 12.0. The quantitative estimate of drug-likeness (QED) is 0.735. The zero-order chi connectivity index (χ0) is 12.1. The zero-order valence-electron chi connectivity index (χ0n) is 9.52. The molecule has 94 valence electrons. The van der Waals surface area contributed by atoms with Gasteiger partial charge in [-0.25, -0.2) is 0 Å². The lowest BCUT2D eigenvalue weighted by atomic mass is 10.0. The van der Waals surface area contributed by atoms with Gasteiger partial charge in [-0.05, 0) is 0 Å². The van der Waals surface area contributed by atoms with Gasteiger partial charge in [-0.3, -0.25) is 4.79 Å². The third-order valence-corrected chi connectivity index (χ3v) is 3.50. The Hall–Kier alpha value is -1.27. The monoisotopic (exact) mass is 248 g/mol. The van der Waals surface area contributed by atoms with E-state index < -0.39 is 30.9 Å². The molecule has 18 heavy (non-hydrogen) atoms. The van der Waals surface area contributed by atoms with Crippen LogP contribution in [0, 0.1) is 0 Å². The van der Waals surface area contributed by atoms with Crippen LogP contribution in [-0.2, 0) is 23.7 Å². The number of fused-ring (bicyclic) bond motifs is 4. The van der Waals surface area contributed by atoms with E-state index in [1.807, 2.05) is 30.3 Å². The van der Waals surface area contributed by atoms with Gasteiger partial charge in [0.2, 0.25) is 0 Å². The molecule has 3 aliphatic rings. The molecule has 0 aliphatic carbocycles. The van der Waals surface area contributed by atoms with Crippen LogP contribution in [0.3, 0.4) is 0 Å². The van der Waals surface area contributed by atoms with Gasteiger partial charge >= 0.3 is 0 Å². The summed E-state index contributed by atoms with van der Waals surface area (Å²) in [6, 6.07) is 9.56. The van der Waals surface area contributed by atoms with E-state index in [4.69, 9.17) is 18.9 Å². The molecule has 0 N–H and O–H groups in total. The van der Waals surface area contributed by atoms with E-state index >= 15 is 0 Å². The number of ketones is 1. The maximum absolute atomic E-state index is 12.0. The van der Waals surface area contributed by atoms with Gasteiger partial charge in [0.1, 0.15) is 12.2 Å². The SMILES string of the molecule is O=C1[C@H]2OC(c3ccccc3)O[C@H]2[C@@H]2OC[C@H]1O2. The highest BCUT2D eigenvalue weighted by Crippen LogP contribution is 2.39. The first-order chi connectivity index (χ1) is 8.83. The fourth-order valence-electron chi connectivity index (χ4n) is 2.59. The van der Waals surface area contributed by atoms with E-state index in [0.717, 1.165) is 5.56 Å². The summed E-state index contributed by atoms with van der Waals surface area (Å²) < 4.78 is 22.3. The molecule has 1 aromatic carbocycles. The summed E-state index contributed by atoms with van der Waals surface area (Å²) in [7, 11) is 0. The molecule has 3 heterocycles. The van der Waals surface area contributed by atoms with Crippen molar-refractivity contribution in [1.82, 2.24) is 0 Å². The molecule has 5 atom stereocenters. The Kier molecular flexibility index (Phi) is 2.28. The van der Waals surface area contributed by atoms with Crippen molar-refractivity contribution >= 4 is 5.78 Å². The van der Waals surface area contributed by atoms with Crippen LogP contribution in [0.2, 0.25) is 0 Å². The van der Waals surface area contributed by atoms with Crippen LogP contribution in [0.5, 0.6) is 0 Å². The second kappa shape index (κ2) is 3.86. The van der Waals surface area contributed by atoms with Crippen molar-refractivity contribution in [2.24, 2.45) is 0 Å². The van der Waals surface area contributed by atoms with E-state index in [-0.39, 0.29) is 5.78 Å². The first-order valence-corrected chi connectivity index (χ1v) is 5.99. The van der Waals surface area contributed by atoms with Crippen molar-refractivity contribution in [2.45, 2.75) is 30.9 Å². The smallest absolute Gasteiger partial charge is 0.195 e. The second-order valence-electron chi connectivity index (χ2n) is 4.63. The average molecular weight is 248 g/mol.